The van der Waals surface area contributed by atoms with Gasteiger partial charge >= 0.3 is 0 Å². The van der Waals surface area contributed by atoms with Gasteiger partial charge in [-0.3, -0.25) is 19.2 Å². The number of nitrogens with zero attached hydrogens (tertiary/aromatic N) is 4. The largest absolute Gasteiger partial charge is 0.347 e. The van der Waals surface area contributed by atoms with E-state index in [1.165, 1.54) is 11.8 Å². The van der Waals surface area contributed by atoms with Crippen molar-refractivity contribution in [2.75, 3.05) is 30.9 Å². The van der Waals surface area contributed by atoms with Crippen LogP contribution in [0.4, 0.5) is 10.8 Å². The summed E-state index contributed by atoms with van der Waals surface area (Å²) in [5, 5.41) is 9.90. The van der Waals surface area contributed by atoms with Gasteiger partial charge in [0, 0.05) is 32.7 Å². The zero-order chi connectivity index (χ0) is 21.8. The van der Waals surface area contributed by atoms with E-state index in [1.807, 2.05) is 30.3 Å². The van der Waals surface area contributed by atoms with E-state index in [0.29, 0.717) is 10.9 Å². The second-order valence-electron chi connectivity index (χ2n) is 6.94. The van der Waals surface area contributed by atoms with Gasteiger partial charge in [0.15, 0.2) is 10.1 Å². The molecule has 2 heterocycles. The average molecular weight is 448 g/mol. The normalized spacial score (nSPS) is 17.0. The van der Waals surface area contributed by atoms with E-state index >= 15 is 0 Å². The summed E-state index contributed by atoms with van der Waals surface area (Å²) < 4.78 is 0.397. The maximum atomic E-state index is 12.6. The number of hydrogen-bond donors (Lipinski definition) is 1. The number of aromatic nitrogens is 2. The Morgan fingerprint density at radius 3 is 2.57 bits per heavy atom. The zero-order valence-corrected chi connectivity index (χ0v) is 18.3. The van der Waals surface area contributed by atoms with Gasteiger partial charge in [-0.05, 0) is 19.1 Å². The van der Waals surface area contributed by atoms with Crippen LogP contribution in [-0.2, 0) is 19.2 Å². The lowest BCUT2D eigenvalue weighted by atomic mass is 10.1. The molecule has 1 fully saturated rings. The molecule has 11 heteroatoms. The van der Waals surface area contributed by atoms with E-state index < -0.39 is 11.2 Å². The molecule has 1 aliphatic rings. The first kappa shape index (κ1) is 21.9. The van der Waals surface area contributed by atoms with Crippen molar-refractivity contribution in [3.63, 3.8) is 0 Å². The van der Waals surface area contributed by atoms with Crippen molar-refractivity contribution >= 4 is 57.4 Å². The van der Waals surface area contributed by atoms with Gasteiger partial charge in [-0.1, -0.05) is 41.3 Å². The van der Waals surface area contributed by atoms with Crippen molar-refractivity contribution in [1.82, 2.24) is 15.1 Å². The van der Waals surface area contributed by atoms with Crippen LogP contribution < -0.4 is 10.2 Å². The number of nitrogens with one attached hydrogen (secondary N) is 1. The van der Waals surface area contributed by atoms with Crippen molar-refractivity contribution in [2.45, 2.75) is 22.9 Å². The highest BCUT2D eigenvalue weighted by Crippen LogP contribution is 2.31. The van der Waals surface area contributed by atoms with Gasteiger partial charge in [0.1, 0.15) is 5.25 Å². The minimum Gasteiger partial charge on any atom is -0.347 e. The predicted molar refractivity (Wildman–Crippen MR) is 114 cm³/mol. The lowest BCUT2D eigenvalue weighted by Gasteiger charge is -2.16. The lowest BCUT2D eigenvalue weighted by molar-refractivity contribution is -0.132. The third-order valence-corrected chi connectivity index (χ3v) is 6.68. The maximum Gasteiger partial charge on any atom is 0.243 e. The number of amides is 3. The van der Waals surface area contributed by atoms with Crippen LogP contribution in [0.1, 0.15) is 13.3 Å². The predicted octanol–water partition coefficient (Wildman–Crippen LogP) is 1.67. The van der Waals surface area contributed by atoms with Gasteiger partial charge in [-0.2, -0.15) is 0 Å². The van der Waals surface area contributed by atoms with Crippen LogP contribution in [0, 0.1) is 5.92 Å². The first-order valence-electron chi connectivity index (χ1n) is 9.14. The molecule has 158 valence electrons. The number of hydrogen-bond acceptors (Lipinski definition) is 8. The fraction of sp³-hybridized carbons (Fsp3) is 0.368. The number of rotatable bonds is 7. The number of benzene rings is 1. The third kappa shape index (κ3) is 5.03. The number of para-hydroxylation sites is 1. The van der Waals surface area contributed by atoms with Crippen LogP contribution in [0.2, 0.25) is 0 Å². The van der Waals surface area contributed by atoms with Crippen molar-refractivity contribution in [3.05, 3.63) is 30.3 Å². The Morgan fingerprint density at radius 1 is 1.23 bits per heavy atom. The van der Waals surface area contributed by atoms with E-state index in [1.54, 1.807) is 19.0 Å². The van der Waals surface area contributed by atoms with Crippen LogP contribution in [0.5, 0.6) is 0 Å². The summed E-state index contributed by atoms with van der Waals surface area (Å²) in [6.45, 7) is 1.64. The molecule has 3 rings (SSSR count). The number of thioether (sulfide) groups is 1. The SMILES string of the molecule is CC(=O)[C@H](Sc1nnc(NC(=O)[C@H]2CC(=O)N(c3ccccc3)C2)s1)C(=O)N(C)C. The Labute approximate surface area is 181 Å². The fourth-order valence-corrected chi connectivity index (χ4v) is 4.86. The molecule has 0 spiro atoms. The molecule has 2 aromatic rings. The standard InChI is InChI=1S/C19H21N5O4S2/c1-11(25)15(17(28)23(2)3)29-19-22-21-18(30-19)20-16(27)12-9-14(26)24(10-12)13-7-5-4-6-8-13/h4-8,12,15H,9-10H2,1-3H3,(H,20,21,27)/t12-,15-/m0/s1. The minimum absolute atomic E-state index is 0.110. The summed E-state index contributed by atoms with van der Waals surface area (Å²) in [7, 11) is 3.15. The van der Waals surface area contributed by atoms with Gasteiger partial charge < -0.3 is 15.1 Å². The molecule has 1 aliphatic heterocycles. The maximum absolute atomic E-state index is 12.6. The van der Waals surface area contributed by atoms with Gasteiger partial charge in [0.05, 0.1) is 5.92 Å². The van der Waals surface area contributed by atoms with Gasteiger partial charge in [-0.25, -0.2) is 0 Å². The summed E-state index contributed by atoms with van der Waals surface area (Å²) in [5.74, 6) is -1.55. The molecule has 30 heavy (non-hydrogen) atoms. The van der Waals surface area contributed by atoms with Crippen molar-refractivity contribution in [3.8, 4) is 0 Å². The van der Waals surface area contributed by atoms with Crippen LogP contribution in [-0.4, -0.2) is 64.5 Å². The minimum atomic E-state index is -0.914. The molecule has 1 aromatic heterocycles. The molecule has 2 atom stereocenters. The number of carbonyl (C=O) groups is 4. The zero-order valence-electron chi connectivity index (χ0n) is 16.7. The fourth-order valence-electron chi connectivity index (χ4n) is 2.90. The van der Waals surface area contributed by atoms with Gasteiger partial charge in [0.25, 0.3) is 0 Å². The average Bonchev–Trinajstić information content (AvgIpc) is 3.32. The van der Waals surface area contributed by atoms with Crippen LogP contribution in [0.15, 0.2) is 34.7 Å². The van der Waals surface area contributed by atoms with Crippen molar-refractivity contribution in [2.24, 2.45) is 5.92 Å². The van der Waals surface area contributed by atoms with Gasteiger partial charge in [0.2, 0.25) is 22.9 Å². The summed E-state index contributed by atoms with van der Waals surface area (Å²) >= 11 is 2.08. The first-order valence-corrected chi connectivity index (χ1v) is 10.8. The molecule has 0 saturated carbocycles. The number of Topliss-reactive ketones (excluding diaryl/α,β-unsaturated/α-hetero) is 1. The first-order chi connectivity index (χ1) is 14.3. The number of anilines is 2. The Kier molecular flexibility index (Phi) is 6.83. The van der Waals surface area contributed by atoms with Crippen molar-refractivity contribution < 1.29 is 19.2 Å². The lowest BCUT2D eigenvalue weighted by Crippen LogP contribution is -2.35. The van der Waals surface area contributed by atoms with Crippen LogP contribution in [0.25, 0.3) is 0 Å². The molecule has 0 radical (unpaired) electrons. The van der Waals surface area contributed by atoms with Crippen LogP contribution >= 0.6 is 23.1 Å². The second kappa shape index (κ2) is 9.35. The van der Waals surface area contributed by atoms with E-state index in [-0.39, 0.29) is 35.1 Å². The van der Waals surface area contributed by atoms with E-state index in [4.69, 9.17) is 0 Å². The number of carbonyl (C=O) groups excluding carboxylic acids is 4. The summed E-state index contributed by atoms with van der Waals surface area (Å²) in [6, 6.07) is 9.19. The highest BCUT2D eigenvalue weighted by Gasteiger charge is 2.35. The van der Waals surface area contributed by atoms with E-state index in [0.717, 1.165) is 28.8 Å². The van der Waals surface area contributed by atoms with E-state index in [2.05, 4.69) is 15.5 Å². The molecule has 0 aliphatic carbocycles. The third-order valence-electron chi connectivity index (χ3n) is 4.45. The summed E-state index contributed by atoms with van der Waals surface area (Å²) in [4.78, 5) is 51.8. The molecule has 1 N–H and O–H groups in total. The Balaban J connectivity index is 1.62. The summed E-state index contributed by atoms with van der Waals surface area (Å²) in [6.07, 6.45) is 0.116. The summed E-state index contributed by atoms with van der Waals surface area (Å²) in [5.41, 5.74) is 0.758. The Morgan fingerprint density at radius 2 is 1.93 bits per heavy atom. The molecule has 0 bridgehead atoms. The van der Waals surface area contributed by atoms with Gasteiger partial charge in [-0.15, -0.1) is 10.2 Å². The molecule has 3 amide bonds. The number of ketones is 1. The molecular formula is C19H21N5O4S2. The molecular weight excluding hydrogens is 426 g/mol. The molecule has 1 aromatic carbocycles. The van der Waals surface area contributed by atoms with Crippen molar-refractivity contribution in [1.29, 1.82) is 0 Å². The topological polar surface area (TPSA) is 113 Å². The van der Waals surface area contributed by atoms with E-state index in [9.17, 15) is 19.2 Å². The molecule has 9 nitrogen and oxygen atoms in total. The smallest absolute Gasteiger partial charge is 0.243 e. The Bertz CT molecular complexity index is 963. The highest BCUT2D eigenvalue weighted by atomic mass is 32.2. The highest BCUT2D eigenvalue weighted by molar-refractivity contribution is 8.03. The molecule has 1 saturated heterocycles. The van der Waals surface area contributed by atoms with Crippen LogP contribution in [0.3, 0.4) is 0 Å². The quantitative estimate of drug-likeness (QED) is 0.390. The molecule has 0 unspecified atom stereocenters. The monoisotopic (exact) mass is 447 g/mol. The Hall–Kier alpha value is -2.79. The second-order valence-corrected chi connectivity index (χ2v) is 9.27.